The van der Waals surface area contributed by atoms with Gasteiger partial charge in [0.25, 0.3) is 11.8 Å². The monoisotopic (exact) mass is 358 g/mol. The number of thiophene rings is 1. The standard InChI is InChI=1S/C18H12F2N2O2S/c19-14-7-6-13(10-15(14)20)21-17(23)11-3-1-4-12(9-11)22-18(24)16-5-2-8-25-16/h1-10H,(H,21,23)(H,22,24). The number of benzene rings is 2. The van der Waals surface area contributed by atoms with Gasteiger partial charge in [-0.15, -0.1) is 11.3 Å². The predicted octanol–water partition coefficient (Wildman–Crippen LogP) is 4.53. The molecule has 0 fully saturated rings. The van der Waals surface area contributed by atoms with E-state index >= 15 is 0 Å². The Morgan fingerprint density at radius 3 is 2.28 bits per heavy atom. The molecule has 0 aliphatic carbocycles. The van der Waals surface area contributed by atoms with Crippen LogP contribution in [0.15, 0.2) is 60.0 Å². The second kappa shape index (κ2) is 7.23. The minimum atomic E-state index is -1.05. The van der Waals surface area contributed by atoms with Gasteiger partial charge in [0, 0.05) is 23.0 Å². The third-order valence-corrected chi connectivity index (χ3v) is 4.17. The van der Waals surface area contributed by atoms with Crippen LogP contribution in [0.25, 0.3) is 0 Å². The fourth-order valence-corrected chi connectivity index (χ4v) is 2.73. The van der Waals surface area contributed by atoms with E-state index in [1.165, 1.54) is 23.5 Å². The number of carbonyl (C=O) groups is 2. The Morgan fingerprint density at radius 1 is 0.800 bits per heavy atom. The van der Waals surface area contributed by atoms with Crippen LogP contribution >= 0.6 is 11.3 Å². The van der Waals surface area contributed by atoms with E-state index < -0.39 is 17.5 Å². The lowest BCUT2D eigenvalue weighted by Crippen LogP contribution is -2.14. The Kier molecular flexibility index (Phi) is 4.85. The average molecular weight is 358 g/mol. The largest absolute Gasteiger partial charge is 0.322 e. The normalized spacial score (nSPS) is 10.3. The van der Waals surface area contributed by atoms with Crippen LogP contribution in [0.1, 0.15) is 20.0 Å². The lowest BCUT2D eigenvalue weighted by Gasteiger charge is -2.08. The van der Waals surface area contributed by atoms with Crippen LogP contribution in [0.3, 0.4) is 0 Å². The SMILES string of the molecule is O=C(Nc1ccc(F)c(F)c1)c1cccc(NC(=O)c2cccs2)c1. The highest BCUT2D eigenvalue weighted by molar-refractivity contribution is 7.12. The van der Waals surface area contributed by atoms with Gasteiger partial charge >= 0.3 is 0 Å². The summed E-state index contributed by atoms with van der Waals surface area (Å²) in [6.07, 6.45) is 0. The third kappa shape index (κ3) is 4.07. The molecule has 1 aromatic heterocycles. The number of nitrogens with one attached hydrogen (secondary N) is 2. The zero-order chi connectivity index (χ0) is 17.8. The van der Waals surface area contributed by atoms with Crippen LogP contribution in [0, 0.1) is 11.6 Å². The molecule has 1 heterocycles. The lowest BCUT2D eigenvalue weighted by atomic mass is 10.1. The van der Waals surface area contributed by atoms with Crippen molar-refractivity contribution in [3.63, 3.8) is 0 Å². The van der Waals surface area contributed by atoms with Gasteiger partial charge in [-0.1, -0.05) is 12.1 Å². The second-order valence-electron chi connectivity index (χ2n) is 5.10. The van der Waals surface area contributed by atoms with E-state index in [9.17, 15) is 18.4 Å². The molecule has 4 nitrogen and oxygen atoms in total. The molecule has 0 radical (unpaired) electrons. The number of anilines is 2. The number of carbonyl (C=O) groups excluding carboxylic acids is 2. The smallest absolute Gasteiger partial charge is 0.265 e. The molecule has 0 aliphatic heterocycles. The predicted molar refractivity (Wildman–Crippen MR) is 93.0 cm³/mol. The van der Waals surface area contributed by atoms with E-state index in [1.807, 2.05) is 0 Å². The molecule has 0 saturated heterocycles. The highest BCUT2D eigenvalue weighted by atomic mass is 32.1. The minimum absolute atomic E-state index is 0.136. The van der Waals surface area contributed by atoms with Gasteiger partial charge in [0.05, 0.1) is 4.88 Å². The van der Waals surface area contributed by atoms with Gasteiger partial charge in [-0.3, -0.25) is 9.59 Å². The zero-order valence-electron chi connectivity index (χ0n) is 12.8. The summed E-state index contributed by atoms with van der Waals surface area (Å²) in [5.41, 5.74) is 0.863. The second-order valence-corrected chi connectivity index (χ2v) is 6.04. The van der Waals surface area contributed by atoms with Crippen LogP contribution in [0.2, 0.25) is 0 Å². The Hall–Kier alpha value is -3.06. The molecule has 3 aromatic rings. The van der Waals surface area contributed by atoms with Gasteiger partial charge in [-0.25, -0.2) is 8.78 Å². The summed E-state index contributed by atoms with van der Waals surface area (Å²) in [7, 11) is 0. The van der Waals surface area contributed by atoms with E-state index in [0.29, 0.717) is 10.6 Å². The van der Waals surface area contributed by atoms with Crippen molar-refractivity contribution in [2.24, 2.45) is 0 Å². The summed E-state index contributed by atoms with van der Waals surface area (Å²) >= 11 is 1.31. The van der Waals surface area contributed by atoms with Crippen molar-refractivity contribution in [1.82, 2.24) is 0 Å². The number of hydrogen-bond donors (Lipinski definition) is 2. The van der Waals surface area contributed by atoms with E-state index in [2.05, 4.69) is 10.6 Å². The van der Waals surface area contributed by atoms with Crippen molar-refractivity contribution in [3.05, 3.63) is 82.1 Å². The lowest BCUT2D eigenvalue weighted by molar-refractivity contribution is 0.101. The number of hydrogen-bond acceptors (Lipinski definition) is 3. The van der Waals surface area contributed by atoms with Crippen LogP contribution in [0.5, 0.6) is 0 Å². The van der Waals surface area contributed by atoms with E-state index in [4.69, 9.17) is 0 Å². The molecule has 0 bridgehead atoms. The average Bonchev–Trinajstić information content (AvgIpc) is 3.13. The summed E-state index contributed by atoms with van der Waals surface area (Å²) in [4.78, 5) is 24.8. The van der Waals surface area contributed by atoms with Gasteiger partial charge in [0.15, 0.2) is 11.6 Å². The molecule has 7 heteroatoms. The van der Waals surface area contributed by atoms with Crippen LogP contribution in [-0.2, 0) is 0 Å². The molecule has 25 heavy (non-hydrogen) atoms. The van der Waals surface area contributed by atoms with Crippen molar-refractivity contribution in [1.29, 1.82) is 0 Å². The van der Waals surface area contributed by atoms with Gasteiger partial charge in [0.1, 0.15) is 0 Å². The molecule has 0 unspecified atom stereocenters. The first-order valence-corrected chi connectivity index (χ1v) is 8.12. The van der Waals surface area contributed by atoms with Crippen LogP contribution in [-0.4, -0.2) is 11.8 Å². The molecule has 0 saturated carbocycles. The first-order valence-electron chi connectivity index (χ1n) is 7.24. The fraction of sp³-hybridized carbons (Fsp3) is 0. The first-order chi connectivity index (χ1) is 12.0. The molecule has 126 valence electrons. The molecule has 0 spiro atoms. The zero-order valence-corrected chi connectivity index (χ0v) is 13.6. The van der Waals surface area contributed by atoms with E-state index in [-0.39, 0.29) is 17.2 Å². The fourth-order valence-electron chi connectivity index (χ4n) is 2.12. The molecular formula is C18H12F2N2O2S. The van der Waals surface area contributed by atoms with Crippen LogP contribution in [0.4, 0.5) is 20.2 Å². The van der Waals surface area contributed by atoms with Gasteiger partial charge in [-0.05, 0) is 41.8 Å². The molecule has 2 amide bonds. The maximum atomic E-state index is 13.2. The van der Waals surface area contributed by atoms with Crippen molar-refractivity contribution in [2.75, 3.05) is 10.6 Å². The Morgan fingerprint density at radius 2 is 1.56 bits per heavy atom. The van der Waals surface area contributed by atoms with E-state index in [0.717, 1.165) is 12.1 Å². The number of halogens is 2. The Labute approximate surface area is 146 Å². The molecule has 3 rings (SSSR count). The Bertz CT molecular complexity index is 927. The minimum Gasteiger partial charge on any atom is -0.322 e. The summed E-state index contributed by atoms with van der Waals surface area (Å²) < 4.78 is 26.1. The Balaban J connectivity index is 1.73. The summed E-state index contributed by atoms with van der Waals surface area (Å²) in [6, 6.07) is 12.9. The maximum Gasteiger partial charge on any atom is 0.265 e. The molecular weight excluding hydrogens is 346 g/mol. The molecule has 2 N–H and O–H groups in total. The third-order valence-electron chi connectivity index (χ3n) is 3.31. The summed E-state index contributed by atoms with van der Waals surface area (Å²) in [5.74, 6) is -2.81. The number of rotatable bonds is 4. The molecule has 0 aliphatic rings. The first kappa shape index (κ1) is 16.8. The van der Waals surface area contributed by atoms with Gasteiger partial charge < -0.3 is 10.6 Å². The quantitative estimate of drug-likeness (QED) is 0.720. The molecule has 2 aromatic carbocycles. The van der Waals surface area contributed by atoms with Crippen LogP contribution < -0.4 is 10.6 Å². The van der Waals surface area contributed by atoms with E-state index in [1.54, 1.807) is 35.7 Å². The van der Waals surface area contributed by atoms with Crippen molar-refractivity contribution < 1.29 is 18.4 Å². The number of amides is 2. The highest BCUT2D eigenvalue weighted by Gasteiger charge is 2.11. The molecule has 0 atom stereocenters. The van der Waals surface area contributed by atoms with Gasteiger partial charge in [0.2, 0.25) is 0 Å². The summed E-state index contributed by atoms with van der Waals surface area (Å²) in [5, 5.41) is 6.97. The van der Waals surface area contributed by atoms with Crippen molar-refractivity contribution in [2.45, 2.75) is 0 Å². The topological polar surface area (TPSA) is 58.2 Å². The summed E-state index contributed by atoms with van der Waals surface area (Å²) in [6.45, 7) is 0. The van der Waals surface area contributed by atoms with Crippen molar-refractivity contribution >= 4 is 34.5 Å². The van der Waals surface area contributed by atoms with Gasteiger partial charge in [-0.2, -0.15) is 0 Å². The van der Waals surface area contributed by atoms with Crippen molar-refractivity contribution in [3.8, 4) is 0 Å². The maximum absolute atomic E-state index is 13.2. The highest BCUT2D eigenvalue weighted by Crippen LogP contribution is 2.17.